The van der Waals surface area contributed by atoms with Gasteiger partial charge in [-0.2, -0.15) is 4.31 Å². The van der Waals surface area contributed by atoms with E-state index in [-0.39, 0.29) is 40.9 Å². The zero-order chi connectivity index (χ0) is 29.5. The zero-order valence-corrected chi connectivity index (χ0v) is 28.2. The molecular formula is C34H55NO4SSi. The summed E-state index contributed by atoms with van der Waals surface area (Å²) in [5.41, 5.74) is -0.445. The van der Waals surface area contributed by atoms with Gasteiger partial charge < -0.3 is 4.74 Å². The van der Waals surface area contributed by atoms with Crippen LogP contribution >= 0.6 is 0 Å². The van der Waals surface area contributed by atoms with Crippen LogP contribution in [0.25, 0.3) is 0 Å². The monoisotopic (exact) mass is 601 g/mol. The fourth-order valence-corrected chi connectivity index (χ4v) is 14.3. The fourth-order valence-electron chi connectivity index (χ4n) is 9.19. The molecule has 7 heteroatoms. The number of nitrogens with zero attached hydrogens (tertiary/aromatic N) is 1. The van der Waals surface area contributed by atoms with Crippen molar-refractivity contribution < 1.29 is 17.9 Å². The van der Waals surface area contributed by atoms with Crippen molar-refractivity contribution in [3.05, 3.63) is 30.3 Å². The molecule has 4 atom stereocenters. The van der Waals surface area contributed by atoms with Gasteiger partial charge in [0.05, 0.1) is 13.8 Å². The Bertz CT molecular complexity index is 1140. The summed E-state index contributed by atoms with van der Waals surface area (Å²) < 4.78 is 37.7. The van der Waals surface area contributed by atoms with Gasteiger partial charge in [0, 0.05) is 23.9 Å². The maximum absolute atomic E-state index is 14.6. The van der Waals surface area contributed by atoms with E-state index in [0.29, 0.717) is 12.3 Å². The minimum atomic E-state index is -3.52. The lowest BCUT2D eigenvalue weighted by Gasteiger charge is -2.46. The van der Waals surface area contributed by atoms with Crippen molar-refractivity contribution in [2.75, 3.05) is 5.75 Å². The summed E-state index contributed by atoms with van der Waals surface area (Å²) in [7, 11) is -5.38. The van der Waals surface area contributed by atoms with Crippen LogP contribution in [0.3, 0.4) is 0 Å². The Hall–Kier alpha value is -1.18. The third kappa shape index (κ3) is 5.98. The van der Waals surface area contributed by atoms with E-state index in [1.807, 2.05) is 10.4 Å². The van der Waals surface area contributed by atoms with Crippen LogP contribution in [0.4, 0.5) is 0 Å². The van der Waals surface area contributed by atoms with Crippen LogP contribution in [-0.4, -0.2) is 50.7 Å². The normalized spacial score (nSPS) is 30.0. The quantitative estimate of drug-likeness (QED) is 0.207. The molecule has 4 aliphatic carbocycles. The second-order valence-corrected chi connectivity index (χ2v) is 22.1. The molecule has 41 heavy (non-hydrogen) atoms. The molecule has 4 saturated carbocycles. The first-order valence-corrected chi connectivity index (χ1v) is 21.3. The molecule has 0 unspecified atom stereocenters. The van der Waals surface area contributed by atoms with Crippen LogP contribution in [0.15, 0.2) is 30.3 Å². The predicted octanol–water partition coefficient (Wildman–Crippen LogP) is 7.42. The largest absolute Gasteiger partial charge is 0.462 e. The molecule has 0 amide bonds. The Kier molecular flexibility index (Phi) is 9.20. The summed E-state index contributed by atoms with van der Waals surface area (Å²) in [6.45, 7) is 11.4. The van der Waals surface area contributed by atoms with Crippen molar-refractivity contribution in [1.29, 1.82) is 0 Å². The minimum Gasteiger partial charge on any atom is -0.462 e. The molecule has 0 spiro atoms. The van der Waals surface area contributed by atoms with Crippen molar-refractivity contribution in [1.82, 2.24) is 4.31 Å². The number of fused-ring (bicyclic) bond motifs is 2. The number of carbonyl (C=O) groups excluding carboxylic acids is 1. The molecule has 0 N–H and O–H groups in total. The number of hydrogen-bond acceptors (Lipinski definition) is 4. The Labute approximate surface area is 251 Å². The fraction of sp³-hybridized carbons (Fsp3) is 0.794. The highest BCUT2D eigenvalue weighted by Crippen LogP contribution is 2.67. The standard InChI is InChI=1S/C34H55NO4SSi/c1-26(41(4,5)30-19-13-8-14-20-30)23-32(36)39-31-24-27-21-22-34(31,33(27,2)3)25-40(37,38)35(28-15-9-6-10-16-28)29-17-11-7-12-18-29/h8,13-14,19-20,26-29,31H,6-7,9-12,15-18,21-25H2,1-5H3/t26-,27-,31-,34-/m1/s1. The van der Waals surface area contributed by atoms with Crippen LogP contribution in [0.1, 0.15) is 111 Å². The van der Waals surface area contributed by atoms with Crippen molar-refractivity contribution in [3.63, 3.8) is 0 Å². The third-order valence-electron chi connectivity index (χ3n) is 12.5. The number of rotatable bonds is 10. The smallest absolute Gasteiger partial charge is 0.306 e. The number of hydrogen-bond donors (Lipinski definition) is 0. The van der Waals surface area contributed by atoms with Crippen LogP contribution in [0.2, 0.25) is 18.6 Å². The highest BCUT2D eigenvalue weighted by Gasteiger charge is 2.67. The topological polar surface area (TPSA) is 63.7 Å². The molecule has 0 saturated heterocycles. The minimum absolute atomic E-state index is 0.133. The van der Waals surface area contributed by atoms with E-state index in [1.165, 1.54) is 18.0 Å². The average molecular weight is 602 g/mol. The summed E-state index contributed by atoms with van der Waals surface area (Å²) in [5, 5.41) is 1.36. The lowest BCUT2D eigenvalue weighted by Crippen LogP contribution is -2.54. The van der Waals surface area contributed by atoms with Crippen LogP contribution < -0.4 is 5.19 Å². The summed E-state index contributed by atoms with van der Waals surface area (Å²) in [5.74, 6) is 0.394. The first kappa shape index (κ1) is 31.2. The zero-order valence-electron chi connectivity index (χ0n) is 26.4. The van der Waals surface area contributed by atoms with E-state index in [4.69, 9.17) is 4.74 Å². The van der Waals surface area contributed by atoms with Crippen molar-refractivity contribution in [3.8, 4) is 0 Å². The van der Waals surface area contributed by atoms with Crippen LogP contribution in [0.5, 0.6) is 0 Å². The lowest BCUT2D eigenvalue weighted by atomic mass is 9.69. The molecule has 0 radical (unpaired) electrons. The van der Waals surface area contributed by atoms with Gasteiger partial charge in [-0.3, -0.25) is 4.79 Å². The van der Waals surface area contributed by atoms with Gasteiger partial charge in [-0.05, 0) is 61.8 Å². The first-order chi connectivity index (χ1) is 19.4. The number of carbonyl (C=O) groups is 1. The van der Waals surface area contributed by atoms with E-state index < -0.39 is 23.5 Å². The molecule has 5 nitrogen and oxygen atoms in total. The summed E-state index contributed by atoms with van der Waals surface area (Å²) in [4.78, 5) is 13.6. The second-order valence-electron chi connectivity index (χ2n) is 15.2. The molecule has 1 aromatic rings. The van der Waals surface area contributed by atoms with Gasteiger partial charge in [-0.1, -0.05) is 108 Å². The summed E-state index contributed by atoms with van der Waals surface area (Å²) >= 11 is 0. The molecule has 4 fully saturated rings. The van der Waals surface area contributed by atoms with Crippen molar-refractivity contribution in [2.45, 2.75) is 147 Å². The predicted molar refractivity (Wildman–Crippen MR) is 170 cm³/mol. The number of benzene rings is 1. The maximum Gasteiger partial charge on any atom is 0.306 e. The Morgan fingerprint density at radius 2 is 1.51 bits per heavy atom. The van der Waals surface area contributed by atoms with Gasteiger partial charge in [-0.15, -0.1) is 0 Å². The third-order valence-corrected chi connectivity index (χ3v) is 19.1. The van der Waals surface area contributed by atoms with Crippen LogP contribution in [0, 0.1) is 16.7 Å². The van der Waals surface area contributed by atoms with Gasteiger partial charge in [0.15, 0.2) is 0 Å². The first-order valence-electron chi connectivity index (χ1n) is 16.6. The summed E-state index contributed by atoms with van der Waals surface area (Å²) in [6, 6.07) is 10.9. The Balaban J connectivity index is 1.36. The van der Waals surface area contributed by atoms with Gasteiger partial charge >= 0.3 is 5.97 Å². The lowest BCUT2D eigenvalue weighted by molar-refractivity contribution is -0.156. The molecule has 0 aliphatic heterocycles. The average Bonchev–Trinajstić information content (AvgIpc) is 3.29. The Morgan fingerprint density at radius 3 is 2.05 bits per heavy atom. The molecule has 0 heterocycles. The molecule has 230 valence electrons. The number of esters is 1. The molecule has 5 rings (SSSR count). The highest BCUT2D eigenvalue weighted by atomic mass is 32.2. The van der Waals surface area contributed by atoms with Crippen molar-refractivity contribution >= 4 is 29.3 Å². The highest BCUT2D eigenvalue weighted by molar-refractivity contribution is 7.89. The van der Waals surface area contributed by atoms with Crippen molar-refractivity contribution in [2.24, 2.45) is 16.7 Å². The summed E-state index contributed by atoms with van der Waals surface area (Å²) in [6.07, 6.45) is 13.7. The van der Waals surface area contributed by atoms with Gasteiger partial charge in [0.1, 0.15) is 6.10 Å². The van der Waals surface area contributed by atoms with E-state index in [0.717, 1.165) is 70.6 Å². The molecule has 1 aromatic carbocycles. The molecule has 4 aliphatic rings. The SMILES string of the molecule is C[C@H](CC(=O)O[C@@H]1C[C@H]2CC[C@]1(CS(=O)(=O)N(C1CCCCC1)C1CCCCC1)C2(C)C)[Si](C)(C)c1ccccc1. The molecule has 2 bridgehead atoms. The molecule has 0 aromatic heterocycles. The maximum atomic E-state index is 14.6. The van der Waals surface area contributed by atoms with E-state index >= 15 is 0 Å². The van der Waals surface area contributed by atoms with E-state index in [1.54, 1.807) is 0 Å². The Morgan fingerprint density at radius 1 is 0.951 bits per heavy atom. The molecular weight excluding hydrogens is 547 g/mol. The second kappa shape index (κ2) is 12.1. The van der Waals surface area contributed by atoms with Gasteiger partial charge in [0.2, 0.25) is 10.0 Å². The van der Waals surface area contributed by atoms with E-state index in [2.05, 4.69) is 58.1 Å². The van der Waals surface area contributed by atoms with Crippen LogP contribution in [-0.2, 0) is 19.6 Å². The number of sulfonamides is 1. The van der Waals surface area contributed by atoms with Gasteiger partial charge in [-0.25, -0.2) is 8.42 Å². The van der Waals surface area contributed by atoms with Gasteiger partial charge in [0.25, 0.3) is 0 Å². The van der Waals surface area contributed by atoms with E-state index in [9.17, 15) is 13.2 Å². The number of ether oxygens (including phenoxy) is 1.